The molecule has 0 aromatic rings. The Hall–Kier alpha value is -0.610. The van der Waals surface area contributed by atoms with Crippen LogP contribution in [0.2, 0.25) is 0 Å². The van der Waals surface area contributed by atoms with E-state index in [1.54, 1.807) is 0 Å². The fourth-order valence-corrected chi connectivity index (χ4v) is 1.95. The Bertz CT molecular complexity index is 220. The summed E-state index contributed by atoms with van der Waals surface area (Å²) in [7, 11) is 1.38. The first kappa shape index (κ1) is 12.5. The predicted molar refractivity (Wildman–Crippen MR) is 57.4 cm³/mol. The van der Waals surface area contributed by atoms with Gasteiger partial charge in [0, 0.05) is 13.0 Å². The van der Waals surface area contributed by atoms with Crippen LogP contribution in [0.3, 0.4) is 0 Å². The van der Waals surface area contributed by atoms with Crippen LogP contribution < -0.4 is 5.73 Å². The summed E-state index contributed by atoms with van der Waals surface area (Å²) in [5, 5.41) is 0. The average molecular weight is 215 g/mol. The molecule has 1 aliphatic carbocycles. The van der Waals surface area contributed by atoms with Crippen LogP contribution in [0, 0.1) is 0 Å². The zero-order chi connectivity index (χ0) is 11.3. The van der Waals surface area contributed by atoms with Gasteiger partial charge in [-0.05, 0) is 19.3 Å². The van der Waals surface area contributed by atoms with Crippen molar-refractivity contribution in [3.05, 3.63) is 0 Å². The van der Waals surface area contributed by atoms with Crippen molar-refractivity contribution in [1.82, 2.24) is 0 Å². The van der Waals surface area contributed by atoms with E-state index in [1.165, 1.54) is 7.11 Å². The molecule has 4 heteroatoms. The topological polar surface area (TPSA) is 61.5 Å². The Morgan fingerprint density at radius 1 is 1.60 bits per heavy atom. The summed E-state index contributed by atoms with van der Waals surface area (Å²) in [6.45, 7) is 2.89. The van der Waals surface area contributed by atoms with E-state index in [4.69, 9.17) is 15.2 Å². The van der Waals surface area contributed by atoms with Crippen molar-refractivity contribution in [2.45, 2.75) is 50.7 Å². The molecule has 1 rings (SSSR count). The highest BCUT2D eigenvalue weighted by molar-refractivity contribution is 5.80. The zero-order valence-electron chi connectivity index (χ0n) is 9.62. The number of carbonyl (C=O) groups excluding carboxylic acids is 1. The van der Waals surface area contributed by atoms with E-state index in [2.05, 4.69) is 6.92 Å². The first-order valence-electron chi connectivity index (χ1n) is 5.61. The maximum absolute atomic E-state index is 11.4. The largest absolute Gasteiger partial charge is 0.468 e. The van der Waals surface area contributed by atoms with Crippen LogP contribution in [-0.4, -0.2) is 31.3 Å². The molecule has 1 saturated carbocycles. The number of hydrogen-bond donors (Lipinski definition) is 1. The Labute approximate surface area is 91.1 Å². The van der Waals surface area contributed by atoms with Crippen molar-refractivity contribution < 1.29 is 14.3 Å². The number of esters is 1. The van der Waals surface area contributed by atoms with Crippen LogP contribution in [0.4, 0.5) is 0 Å². The Morgan fingerprint density at radius 2 is 2.33 bits per heavy atom. The highest BCUT2D eigenvalue weighted by atomic mass is 16.5. The molecule has 0 saturated heterocycles. The number of hydrogen-bond acceptors (Lipinski definition) is 4. The standard InChI is InChI=1S/C11H21NO3/c1-3-4-7-15-9-5-6-11(12,8-9)10(13)14-2/h9H,3-8,12H2,1-2H3. The molecule has 0 aromatic carbocycles. The molecule has 4 nitrogen and oxygen atoms in total. The van der Waals surface area contributed by atoms with Gasteiger partial charge in [-0.2, -0.15) is 0 Å². The lowest BCUT2D eigenvalue weighted by atomic mass is 10.00. The second kappa shape index (κ2) is 5.47. The van der Waals surface area contributed by atoms with E-state index in [-0.39, 0.29) is 12.1 Å². The third-order valence-corrected chi connectivity index (χ3v) is 2.95. The van der Waals surface area contributed by atoms with Gasteiger partial charge in [0.2, 0.25) is 0 Å². The quantitative estimate of drug-likeness (QED) is 0.553. The molecule has 88 valence electrons. The monoisotopic (exact) mass is 215 g/mol. The van der Waals surface area contributed by atoms with Gasteiger partial charge in [-0.25, -0.2) is 0 Å². The second-order valence-electron chi connectivity index (χ2n) is 4.24. The Kier molecular flexibility index (Phi) is 4.54. The van der Waals surface area contributed by atoms with E-state index < -0.39 is 5.54 Å². The first-order valence-corrected chi connectivity index (χ1v) is 5.61. The molecule has 15 heavy (non-hydrogen) atoms. The molecule has 1 aliphatic rings. The minimum absolute atomic E-state index is 0.126. The third kappa shape index (κ3) is 3.18. The average Bonchev–Trinajstić information content (AvgIpc) is 2.61. The van der Waals surface area contributed by atoms with Gasteiger partial charge in [-0.1, -0.05) is 13.3 Å². The van der Waals surface area contributed by atoms with Gasteiger partial charge in [0.05, 0.1) is 13.2 Å². The van der Waals surface area contributed by atoms with Gasteiger partial charge in [-0.3, -0.25) is 4.79 Å². The van der Waals surface area contributed by atoms with E-state index in [0.717, 1.165) is 25.9 Å². The molecule has 0 bridgehead atoms. The third-order valence-electron chi connectivity index (χ3n) is 2.95. The van der Waals surface area contributed by atoms with Crippen LogP contribution in [0.25, 0.3) is 0 Å². The van der Waals surface area contributed by atoms with Gasteiger partial charge in [0.25, 0.3) is 0 Å². The van der Waals surface area contributed by atoms with Crippen molar-refractivity contribution >= 4 is 5.97 Å². The minimum Gasteiger partial charge on any atom is -0.468 e. The fraction of sp³-hybridized carbons (Fsp3) is 0.909. The van der Waals surface area contributed by atoms with E-state index in [0.29, 0.717) is 12.8 Å². The number of unbranched alkanes of at least 4 members (excludes halogenated alkanes) is 1. The SMILES string of the molecule is CCCCOC1CCC(N)(C(=O)OC)C1. The molecule has 0 heterocycles. The number of methoxy groups -OCH3 is 1. The van der Waals surface area contributed by atoms with Crippen LogP contribution in [-0.2, 0) is 14.3 Å². The molecule has 0 spiro atoms. The number of nitrogens with two attached hydrogens (primary N) is 1. The van der Waals surface area contributed by atoms with Crippen LogP contribution in [0.15, 0.2) is 0 Å². The molecular weight excluding hydrogens is 194 g/mol. The summed E-state index contributed by atoms with van der Waals surface area (Å²) in [6.07, 6.45) is 4.42. The van der Waals surface area contributed by atoms with E-state index >= 15 is 0 Å². The maximum Gasteiger partial charge on any atom is 0.325 e. The van der Waals surface area contributed by atoms with E-state index in [9.17, 15) is 4.79 Å². The molecule has 0 amide bonds. The Balaban J connectivity index is 2.34. The van der Waals surface area contributed by atoms with Gasteiger partial charge >= 0.3 is 5.97 Å². The normalized spacial score (nSPS) is 30.5. The van der Waals surface area contributed by atoms with Crippen molar-refractivity contribution in [2.24, 2.45) is 5.73 Å². The van der Waals surface area contributed by atoms with Crippen LogP contribution in [0.5, 0.6) is 0 Å². The molecule has 0 aromatic heterocycles. The Morgan fingerprint density at radius 3 is 2.93 bits per heavy atom. The minimum atomic E-state index is -0.814. The lowest BCUT2D eigenvalue weighted by Crippen LogP contribution is -2.46. The summed E-state index contributed by atoms with van der Waals surface area (Å²) in [5.74, 6) is -0.316. The summed E-state index contributed by atoms with van der Waals surface area (Å²) in [4.78, 5) is 11.4. The molecule has 0 aliphatic heterocycles. The number of rotatable bonds is 5. The zero-order valence-corrected chi connectivity index (χ0v) is 9.62. The van der Waals surface area contributed by atoms with Gasteiger partial charge < -0.3 is 15.2 Å². The molecule has 1 fully saturated rings. The van der Waals surface area contributed by atoms with Crippen molar-refractivity contribution in [2.75, 3.05) is 13.7 Å². The fourth-order valence-electron chi connectivity index (χ4n) is 1.95. The van der Waals surface area contributed by atoms with E-state index in [1.807, 2.05) is 0 Å². The van der Waals surface area contributed by atoms with Crippen molar-refractivity contribution in [3.8, 4) is 0 Å². The molecule has 2 unspecified atom stereocenters. The van der Waals surface area contributed by atoms with Gasteiger partial charge in [0.15, 0.2) is 0 Å². The van der Waals surface area contributed by atoms with Gasteiger partial charge in [0.1, 0.15) is 5.54 Å². The number of carbonyl (C=O) groups is 1. The highest BCUT2D eigenvalue weighted by Gasteiger charge is 2.43. The molecule has 2 N–H and O–H groups in total. The molecule has 0 radical (unpaired) electrons. The van der Waals surface area contributed by atoms with Crippen molar-refractivity contribution in [1.29, 1.82) is 0 Å². The highest BCUT2D eigenvalue weighted by Crippen LogP contribution is 2.30. The summed E-state index contributed by atoms with van der Waals surface area (Å²) >= 11 is 0. The second-order valence-corrected chi connectivity index (χ2v) is 4.24. The number of ether oxygens (including phenoxy) is 2. The molecule has 2 atom stereocenters. The maximum atomic E-state index is 11.4. The smallest absolute Gasteiger partial charge is 0.325 e. The predicted octanol–water partition coefficient (Wildman–Crippen LogP) is 1.23. The lowest BCUT2D eigenvalue weighted by Gasteiger charge is -2.20. The summed E-state index contributed by atoms with van der Waals surface area (Å²) in [5.41, 5.74) is 5.14. The summed E-state index contributed by atoms with van der Waals surface area (Å²) < 4.78 is 10.3. The molecular formula is C11H21NO3. The first-order chi connectivity index (χ1) is 7.12. The van der Waals surface area contributed by atoms with Crippen LogP contribution in [0.1, 0.15) is 39.0 Å². The van der Waals surface area contributed by atoms with Gasteiger partial charge in [-0.15, -0.1) is 0 Å². The van der Waals surface area contributed by atoms with Crippen LogP contribution >= 0.6 is 0 Å². The lowest BCUT2D eigenvalue weighted by molar-refractivity contribution is -0.147. The van der Waals surface area contributed by atoms with Crippen molar-refractivity contribution in [3.63, 3.8) is 0 Å². The summed E-state index contributed by atoms with van der Waals surface area (Å²) in [6, 6.07) is 0.